The molecule has 2 rings (SSSR count). The Balaban J connectivity index is 1.92. The monoisotopic (exact) mass is 275 g/mol. The van der Waals surface area contributed by atoms with Gasteiger partial charge in [-0.25, -0.2) is 0 Å². The second kappa shape index (κ2) is 6.52. The van der Waals surface area contributed by atoms with Crippen molar-refractivity contribution < 1.29 is 9.59 Å². The third-order valence-corrected chi connectivity index (χ3v) is 3.71. The Hall–Kier alpha value is -1.88. The normalized spacial score (nSPS) is 17.2. The van der Waals surface area contributed by atoms with Crippen LogP contribution in [0.25, 0.3) is 0 Å². The van der Waals surface area contributed by atoms with E-state index in [1.165, 1.54) is 11.1 Å². The maximum absolute atomic E-state index is 12.3. The molecular weight excluding hydrogens is 254 g/mol. The Morgan fingerprint density at radius 3 is 2.75 bits per heavy atom. The number of nitrogens with one attached hydrogen (secondary N) is 2. The predicted octanol–water partition coefficient (Wildman–Crippen LogP) is 0.295. The number of likely N-dealkylation sites (N-methyl/N-ethyl adjacent to an activating group) is 1. The molecule has 1 aromatic rings. The fourth-order valence-electron chi connectivity index (χ4n) is 2.40. The summed E-state index contributed by atoms with van der Waals surface area (Å²) in [5.74, 6) is -0.00462. The topological polar surface area (TPSA) is 61.4 Å². The number of rotatable bonds is 4. The second-order valence-corrected chi connectivity index (χ2v) is 5.09. The van der Waals surface area contributed by atoms with Crippen LogP contribution >= 0.6 is 0 Å². The van der Waals surface area contributed by atoms with Gasteiger partial charge in [-0.15, -0.1) is 0 Å². The quantitative estimate of drug-likeness (QED) is 0.830. The van der Waals surface area contributed by atoms with Crippen molar-refractivity contribution in [2.45, 2.75) is 25.4 Å². The smallest absolute Gasteiger partial charge is 0.239 e. The summed E-state index contributed by atoms with van der Waals surface area (Å²) in [6.45, 7) is 1.16. The van der Waals surface area contributed by atoms with Crippen LogP contribution in [-0.4, -0.2) is 43.4 Å². The minimum absolute atomic E-state index is 0.0448. The zero-order valence-electron chi connectivity index (χ0n) is 12.0. The van der Waals surface area contributed by atoms with Gasteiger partial charge in [-0.1, -0.05) is 24.3 Å². The molecule has 2 N–H and O–H groups in total. The van der Waals surface area contributed by atoms with Crippen LogP contribution in [0.4, 0.5) is 0 Å². The highest BCUT2D eigenvalue weighted by Gasteiger charge is 2.26. The molecule has 5 heteroatoms. The lowest BCUT2D eigenvalue weighted by atomic mass is 9.95. The van der Waals surface area contributed by atoms with Crippen molar-refractivity contribution in [2.24, 2.45) is 0 Å². The maximum atomic E-state index is 12.3. The first-order valence-electron chi connectivity index (χ1n) is 6.87. The average Bonchev–Trinajstić information content (AvgIpc) is 2.50. The van der Waals surface area contributed by atoms with Gasteiger partial charge in [0.1, 0.15) is 0 Å². The molecule has 1 aliphatic rings. The number of hydrogen-bond donors (Lipinski definition) is 2. The third kappa shape index (κ3) is 3.36. The molecule has 2 amide bonds. The van der Waals surface area contributed by atoms with Gasteiger partial charge >= 0.3 is 0 Å². The van der Waals surface area contributed by atoms with Crippen molar-refractivity contribution in [3.05, 3.63) is 35.4 Å². The third-order valence-electron chi connectivity index (χ3n) is 3.71. The molecule has 1 atom stereocenters. The molecular formula is C15H21N3O2. The molecule has 1 heterocycles. The Labute approximate surface area is 119 Å². The van der Waals surface area contributed by atoms with E-state index >= 15 is 0 Å². The molecule has 0 fully saturated rings. The lowest BCUT2D eigenvalue weighted by Gasteiger charge is -2.29. The molecule has 0 aliphatic carbocycles. The van der Waals surface area contributed by atoms with Crippen LogP contribution in [-0.2, 0) is 22.6 Å². The van der Waals surface area contributed by atoms with Gasteiger partial charge in [-0.05, 0) is 17.5 Å². The first kappa shape index (κ1) is 14.5. The van der Waals surface area contributed by atoms with E-state index in [-0.39, 0.29) is 17.9 Å². The van der Waals surface area contributed by atoms with Crippen LogP contribution in [0.1, 0.15) is 17.5 Å². The Bertz CT molecular complexity index is 502. The van der Waals surface area contributed by atoms with Crippen molar-refractivity contribution in [3.63, 3.8) is 0 Å². The SMILES string of the molecule is CNC(=O)CCN(C)C(=O)[C@H]1Cc2ccccc2CN1. The van der Waals surface area contributed by atoms with E-state index in [9.17, 15) is 9.59 Å². The summed E-state index contributed by atoms with van der Waals surface area (Å²) in [5, 5.41) is 5.83. The summed E-state index contributed by atoms with van der Waals surface area (Å²) < 4.78 is 0. The molecule has 1 aromatic carbocycles. The number of benzene rings is 1. The molecule has 0 unspecified atom stereocenters. The highest BCUT2D eigenvalue weighted by atomic mass is 16.2. The van der Waals surface area contributed by atoms with Crippen LogP contribution in [0.5, 0.6) is 0 Å². The molecule has 5 nitrogen and oxygen atoms in total. The van der Waals surface area contributed by atoms with E-state index in [2.05, 4.69) is 22.8 Å². The van der Waals surface area contributed by atoms with Crippen LogP contribution in [0.3, 0.4) is 0 Å². The molecule has 0 aromatic heterocycles. The Morgan fingerprint density at radius 1 is 1.35 bits per heavy atom. The van der Waals surface area contributed by atoms with E-state index in [4.69, 9.17) is 0 Å². The van der Waals surface area contributed by atoms with Crippen molar-refractivity contribution in [1.82, 2.24) is 15.5 Å². The van der Waals surface area contributed by atoms with E-state index in [1.807, 2.05) is 12.1 Å². The first-order valence-corrected chi connectivity index (χ1v) is 6.87. The fourth-order valence-corrected chi connectivity index (χ4v) is 2.40. The van der Waals surface area contributed by atoms with Gasteiger partial charge in [0.15, 0.2) is 0 Å². The molecule has 0 saturated carbocycles. The zero-order chi connectivity index (χ0) is 14.5. The number of carbonyl (C=O) groups excluding carboxylic acids is 2. The van der Waals surface area contributed by atoms with Crippen LogP contribution < -0.4 is 10.6 Å². The summed E-state index contributed by atoms with van der Waals surface area (Å²) in [4.78, 5) is 25.2. The minimum atomic E-state index is -0.195. The summed E-state index contributed by atoms with van der Waals surface area (Å²) in [7, 11) is 3.34. The van der Waals surface area contributed by atoms with Crippen molar-refractivity contribution in [2.75, 3.05) is 20.6 Å². The molecule has 108 valence electrons. The van der Waals surface area contributed by atoms with Crippen molar-refractivity contribution >= 4 is 11.8 Å². The number of hydrogen-bond acceptors (Lipinski definition) is 3. The standard InChI is InChI=1S/C15H21N3O2/c1-16-14(19)7-8-18(2)15(20)13-9-11-5-3-4-6-12(11)10-17-13/h3-6,13,17H,7-10H2,1-2H3,(H,16,19)/t13-/m1/s1. The number of fused-ring (bicyclic) bond motifs is 1. The van der Waals surface area contributed by atoms with Gasteiger partial charge < -0.3 is 15.5 Å². The molecule has 0 bridgehead atoms. The van der Waals surface area contributed by atoms with Gasteiger partial charge in [-0.3, -0.25) is 9.59 Å². The molecule has 20 heavy (non-hydrogen) atoms. The summed E-state index contributed by atoms with van der Waals surface area (Å²) >= 11 is 0. The Morgan fingerprint density at radius 2 is 2.05 bits per heavy atom. The molecule has 1 aliphatic heterocycles. The predicted molar refractivity (Wildman–Crippen MR) is 77.1 cm³/mol. The summed E-state index contributed by atoms with van der Waals surface area (Å²) in [5.41, 5.74) is 2.48. The van der Waals surface area contributed by atoms with Crippen LogP contribution in [0.2, 0.25) is 0 Å². The molecule has 0 spiro atoms. The highest BCUT2D eigenvalue weighted by Crippen LogP contribution is 2.17. The van der Waals surface area contributed by atoms with E-state index in [0.717, 1.165) is 6.54 Å². The van der Waals surface area contributed by atoms with E-state index in [0.29, 0.717) is 19.4 Å². The van der Waals surface area contributed by atoms with E-state index in [1.54, 1.807) is 19.0 Å². The van der Waals surface area contributed by atoms with Crippen molar-refractivity contribution in [1.29, 1.82) is 0 Å². The number of nitrogens with zero attached hydrogens (tertiary/aromatic N) is 1. The number of amides is 2. The maximum Gasteiger partial charge on any atom is 0.239 e. The minimum Gasteiger partial charge on any atom is -0.359 e. The van der Waals surface area contributed by atoms with Gasteiger partial charge in [0, 0.05) is 33.6 Å². The van der Waals surface area contributed by atoms with Crippen LogP contribution in [0.15, 0.2) is 24.3 Å². The Kier molecular flexibility index (Phi) is 4.74. The van der Waals surface area contributed by atoms with Gasteiger partial charge in [0.25, 0.3) is 0 Å². The lowest BCUT2D eigenvalue weighted by Crippen LogP contribution is -2.48. The summed E-state index contributed by atoms with van der Waals surface area (Å²) in [6, 6.07) is 7.97. The zero-order valence-corrected chi connectivity index (χ0v) is 12.0. The second-order valence-electron chi connectivity index (χ2n) is 5.09. The largest absolute Gasteiger partial charge is 0.359 e. The van der Waals surface area contributed by atoms with Gasteiger partial charge in [0.05, 0.1) is 6.04 Å². The van der Waals surface area contributed by atoms with Gasteiger partial charge in [-0.2, -0.15) is 0 Å². The first-order chi connectivity index (χ1) is 9.61. The van der Waals surface area contributed by atoms with Crippen molar-refractivity contribution in [3.8, 4) is 0 Å². The summed E-state index contributed by atoms with van der Waals surface area (Å²) in [6.07, 6.45) is 1.04. The highest BCUT2D eigenvalue weighted by molar-refractivity contribution is 5.83. The van der Waals surface area contributed by atoms with Gasteiger partial charge in [0.2, 0.25) is 11.8 Å². The average molecular weight is 275 g/mol. The lowest BCUT2D eigenvalue weighted by molar-refractivity contribution is -0.132. The van der Waals surface area contributed by atoms with E-state index < -0.39 is 0 Å². The number of carbonyl (C=O) groups is 2. The molecule has 0 saturated heterocycles. The molecule has 0 radical (unpaired) electrons. The fraction of sp³-hybridized carbons (Fsp3) is 0.467. The van der Waals surface area contributed by atoms with Crippen LogP contribution in [0, 0.1) is 0 Å².